The van der Waals surface area contributed by atoms with Crippen LogP contribution in [-0.2, 0) is 53.6 Å². The van der Waals surface area contributed by atoms with Crippen molar-refractivity contribution in [3.63, 3.8) is 0 Å². The highest BCUT2D eigenvalue weighted by Crippen LogP contribution is 2.59. The van der Waals surface area contributed by atoms with Crippen molar-refractivity contribution in [1.29, 1.82) is 0 Å². The molecule has 0 aromatic heterocycles. The minimum Gasteiger partial charge on any atom is -0.372 e. The molecule has 2 aliphatic rings. The first-order valence-corrected chi connectivity index (χ1v) is 19.6. The fourth-order valence-electron chi connectivity index (χ4n) is 6.75. The van der Waals surface area contributed by atoms with E-state index in [1.807, 2.05) is 42.5 Å². The van der Waals surface area contributed by atoms with Crippen molar-refractivity contribution in [3.05, 3.63) is 106 Å². The molecule has 0 aliphatic carbocycles. The SMILES string of the molecule is C/C(=C\C(=O)N[C@H]1CCc2cccc3c2N(C1=O)[C@H](C(=O)N[C@@H](CCC(N)=O)[C@@H](C)OCc1ccc(C#CCN)cc1)C3)c1ccc(C(F)(F)P(=O)(O)O)cc1. The van der Waals surface area contributed by atoms with Crippen LogP contribution in [0.2, 0.25) is 0 Å². The highest BCUT2D eigenvalue weighted by molar-refractivity contribution is 7.52. The zero-order valence-corrected chi connectivity index (χ0v) is 31.7. The van der Waals surface area contributed by atoms with Crippen LogP contribution >= 0.6 is 7.60 Å². The summed E-state index contributed by atoms with van der Waals surface area (Å²) in [6, 6.07) is 14.5. The number of rotatable bonds is 14. The molecular formula is C40H44F2N5O8P. The number of nitrogens with two attached hydrogens (primary N) is 2. The van der Waals surface area contributed by atoms with E-state index in [0.29, 0.717) is 23.2 Å². The molecule has 0 saturated heterocycles. The fourth-order valence-corrected chi connectivity index (χ4v) is 7.24. The van der Waals surface area contributed by atoms with E-state index in [2.05, 4.69) is 22.5 Å². The van der Waals surface area contributed by atoms with Crippen LogP contribution in [0, 0.1) is 11.8 Å². The first kappa shape index (κ1) is 41.9. The highest BCUT2D eigenvalue weighted by Gasteiger charge is 2.50. The highest BCUT2D eigenvalue weighted by atomic mass is 31.2. The molecule has 3 aromatic carbocycles. The first-order chi connectivity index (χ1) is 26.5. The van der Waals surface area contributed by atoms with Crippen LogP contribution in [0.3, 0.4) is 0 Å². The quantitative estimate of drug-likeness (QED) is 0.0801. The van der Waals surface area contributed by atoms with Gasteiger partial charge in [0.05, 0.1) is 31.0 Å². The van der Waals surface area contributed by atoms with Crippen LogP contribution in [0.25, 0.3) is 5.57 Å². The molecule has 0 fully saturated rings. The third-order valence-corrected chi connectivity index (χ3v) is 10.8. The lowest BCUT2D eigenvalue weighted by Crippen LogP contribution is -2.56. The van der Waals surface area contributed by atoms with E-state index in [1.165, 1.54) is 23.1 Å². The molecule has 296 valence electrons. The molecule has 0 bridgehead atoms. The number of ether oxygens (including phenoxy) is 1. The molecular weight excluding hydrogens is 747 g/mol. The molecule has 8 N–H and O–H groups in total. The number of carbonyl (C=O) groups is 4. The molecule has 3 aromatic rings. The van der Waals surface area contributed by atoms with Crippen LogP contribution in [0.15, 0.2) is 72.8 Å². The van der Waals surface area contributed by atoms with E-state index in [4.69, 9.17) is 26.0 Å². The van der Waals surface area contributed by atoms with Crippen molar-refractivity contribution in [3.8, 4) is 11.8 Å². The van der Waals surface area contributed by atoms with Gasteiger partial charge in [0.15, 0.2) is 0 Å². The summed E-state index contributed by atoms with van der Waals surface area (Å²) in [6.07, 6.45) is 1.68. The molecule has 2 aliphatic heterocycles. The van der Waals surface area contributed by atoms with Crippen molar-refractivity contribution >= 4 is 42.5 Å². The molecule has 5 rings (SSSR count). The monoisotopic (exact) mass is 791 g/mol. The van der Waals surface area contributed by atoms with Gasteiger partial charge in [0.2, 0.25) is 23.6 Å². The summed E-state index contributed by atoms with van der Waals surface area (Å²) in [5.41, 5.74) is 10.2. The van der Waals surface area contributed by atoms with Gasteiger partial charge in [-0.2, -0.15) is 8.78 Å². The zero-order valence-electron chi connectivity index (χ0n) is 30.8. The number of allylic oxidation sites excluding steroid dienone is 1. The van der Waals surface area contributed by atoms with E-state index in [1.54, 1.807) is 13.8 Å². The van der Waals surface area contributed by atoms with Crippen molar-refractivity contribution in [1.82, 2.24) is 10.6 Å². The number of carbonyl (C=O) groups excluding carboxylic acids is 4. The van der Waals surface area contributed by atoms with Crippen molar-refractivity contribution < 1.29 is 47.0 Å². The van der Waals surface area contributed by atoms with Crippen molar-refractivity contribution in [2.75, 3.05) is 11.4 Å². The largest absolute Gasteiger partial charge is 0.399 e. The molecule has 0 radical (unpaired) electrons. The average Bonchev–Trinajstić information content (AvgIpc) is 3.50. The Labute approximate surface area is 323 Å². The van der Waals surface area contributed by atoms with E-state index in [-0.39, 0.29) is 38.8 Å². The van der Waals surface area contributed by atoms with Crippen LogP contribution in [0.5, 0.6) is 0 Å². The number of hydrogen-bond donors (Lipinski definition) is 6. The minimum absolute atomic E-state index is 0.0180. The van der Waals surface area contributed by atoms with Crippen LogP contribution in [0.4, 0.5) is 14.5 Å². The number of anilines is 1. The molecule has 0 saturated carbocycles. The fraction of sp³-hybridized carbons (Fsp3) is 0.350. The second kappa shape index (κ2) is 17.7. The number of benzene rings is 3. The van der Waals surface area contributed by atoms with Gasteiger partial charge in [-0.25, -0.2) is 0 Å². The number of amides is 4. The summed E-state index contributed by atoms with van der Waals surface area (Å²) in [5, 5.41) is 5.74. The lowest BCUT2D eigenvalue weighted by atomic mass is 10.0. The predicted molar refractivity (Wildman–Crippen MR) is 205 cm³/mol. The molecule has 0 unspecified atom stereocenters. The first-order valence-electron chi connectivity index (χ1n) is 17.9. The number of aryl methyl sites for hydroxylation is 1. The Morgan fingerprint density at radius 1 is 1.09 bits per heavy atom. The lowest BCUT2D eigenvalue weighted by molar-refractivity contribution is -0.129. The maximum atomic E-state index is 14.2. The lowest BCUT2D eigenvalue weighted by Gasteiger charge is -2.31. The predicted octanol–water partition coefficient (Wildman–Crippen LogP) is 3.37. The number of primary amides is 1. The van der Waals surface area contributed by atoms with E-state index < -0.39 is 66.7 Å². The van der Waals surface area contributed by atoms with Crippen molar-refractivity contribution in [2.24, 2.45) is 11.5 Å². The number of alkyl halides is 2. The van der Waals surface area contributed by atoms with E-state index in [0.717, 1.165) is 34.4 Å². The Balaban J connectivity index is 1.30. The van der Waals surface area contributed by atoms with Crippen molar-refractivity contribution in [2.45, 2.75) is 82.5 Å². The van der Waals surface area contributed by atoms with Crippen LogP contribution in [-0.4, -0.2) is 64.2 Å². The molecule has 16 heteroatoms. The Bertz CT molecular complexity index is 2110. The van der Waals surface area contributed by atoms with Gasteiger partial charge in [-0.3, -0.25) is 28.6 Å². The number of nitrogens with zero attached hydrogens (tertiary/aromatic N) is 1. The van der Waals surface area contributed by atoms with Gasteiger partial charge >= 0.3 is 13.3 Å². The number of nitrogens with one attached hydrogen (secondary N) is 2. The number of halogens is 2. The Morgan fingerprint density at radius 2 is 1.77 bits per heavy atom. The average molecular weight is 792 g/mol. The van der Waals surface area contributed by atoms with E-state index >= 15 is 0 Å². The van der Waals surface area contributed by atoms with Gasteiger partial charge in [-0.1, -0.05) is 66.4 Å². The Kier molecular flexibility index (Phi) is 13.3. The number of hydrogen-bond acceptors (Lipinski definition) is 7. The Morgan fingerprint density at radius 3 is 2.41 bits per heavy atom. The molecule has 4 amide bonds. The summed E-state index contributed by atoms with van der Waals surface area (Å²) in [4.78, 5) is 72.9. The summed E-state index contributed by atoms with van der Waals surface area (Å²) < 4.78 is 45.7. The maximum Gasteiger partial charge on any atom is 0.399 e. The second-order valence-electron chi connectivity index (χ2n) is 13.8. The molecule has 56 heavy (non-hydrogen) atoms. The van der Waals surface area contributed by atoms with Gasteiger partial charge in [0.1, 0.15) is 12.1 Å². The van der Waals surface area contributed by atoms with Gasteiger partial charge in [-0.15, -0.1) is 0 Å². The van der Waals surface area contributed by atoms with Gasteiger partial charge in [0, 0.05) is 30.0 Å². The second-order valence-corrected chi connectivity index (χ2v) is 15.4. The van der Waals surface area contributed by atoms with E-state index in [9.17, 15) is 32.5 Å². The Hall–Kier alpha value is -5.23. The van der Waals surface area contributed by atoms with Crippen LogP contribution < -0.4 is 27.0 Å². The molecule has 13 nitrogen and oxygen atoms in total. The summed E-state index contributed by atoms with van der Waals surface area (Å²) in [6.45, 7) is 3.78. The van der Waals surface area contributed by atoms with Gasteiger partial charge in [0.25, 0.3) is 0 Å². The summed E-state index contributed by atoms with van der Waals surface area (Å²) in [7, 11) is -5.76. The molecule has 4 atom stereocenters. The maximum absolute atomic E-state index is 14.2. The standard InChI is InChI=1S/C40H44F2N5O8P/c1-24(28-12-15-31(16-13-28)40(41,42)56(52,53)54)21-36(49)45-33-17-14-29-6-3-7-30-22-34(47(37(29)30)39(33)51)38(50)46-32(18-19-35(44)48)25(2)55-23-27-10-8-26(9-11-27)5-4-20-43/h3,6-13,15-16,21,25,32-34H,14,17-20,22-23,43H2,1-2H3,(H2,44,48)(H,45,49)(H,46,50)(H2,52,53,54)/b24-21+/t25-,32+,33+,34+/m1/s1. The third-order valence-electron chi connectivity index (χ3n) is 9.82. The molecule has 2 heterocycles. The number of para-hydroxylation sites is 1. The third kappa shape index (κ3) is 9.76. The minimum atomic E-state index is -5.76. The normalized spacial score (nSPS) is 17.9. The smallest absolute Gasteiger partial charge is 0.372 e. The summed E-state index contributed by atoms with van der Waals surface area (Å²) in [5.74, 6) is 3.60. The topological polar surface area (TPSA) is 214 Å². The van der Waals surface area contributed by atoms with Crippen LogP contribution in [0.1, 0.15) is 66.5 Å². The molecule has 0 spiro atoms. The zero-order chi connectivity index (χ0) is 40.8. The van der Waals surface area contributed by atoms with Gasteiger partial charge < -0.3 is 36.6 Å². The van der Waals surface area contributed by atoms with Gasteiger partial charge in [-0.05, 0) is 73.1 Å². The summed E-state index contributed by atoms with van der Waals surface area (Å²) >= 11 is 0.